The first-order chi connectivity index (χ1) is 46.1. The fraction of sp³-hybridized carbons (Fsp3) is 0.0652. The van der Waals surface area contributed by atoms with E-state index >= 15 is 0 Å². The summed E-state index contributed by atoms with van der Waals surface area (Å²) in [4.78, 5) is 4.93. The predicted octanol–water partition coefficient (Wildman–Crippen LogP) is 25.5. The van der Waals surface area contributed by atoms with Crippen molar-refractivity contribution in [3.63, 3.8) is 0 Å². The molecule has 2 nitrogen and oxygen atoms in total. The summed E-state index contributed by atoms with van der Waals surface area (Å²) >= 11 is 0. The van der Waals surface area contributed by atoms with E-state index in [0.717, 1.165) is 11.4 Å². The number of benzene rings is 15. The van der Waals surface area contributed by atoms with Crippen LogP contribution in [0.15, 0.2) is 315 Å². The van der Waals surface area contributed by atoms with Crippen LogP contribution in [0.25, 0.3) is 112 Å². The van der Waals surface area contributed by atoms with Gasteiger partial charge in [0.15, 0.2) is 0 Å². The lowest BCUT2D eigenvalue weighted by molar-refractivity contribution is 0.660. The summed E-state index contributed by atoms with van der Waals surface area (Å²) < 4.78 is 0. The molecule has 0 spiro atoms. The van der Waals surface area contributed by atoms with E-state index in [2.05, 4.69) is 377 Å². The first kappa shape index (κ1) is 56.4. The number of hydrogen-bond acceptors (Lipinski definition) is 2. The summed E-state index contributed by atoms with van der Waals surface area (Å²) in [5.41, 5.74) is 26.7. The van der Waals surface area contributed by atoms with Crippen LogP contribution in [0, 0.1) is 0 Å². The molecular formula is C92H68N2. The van der Waals surface area contributed by atoms with Gasteiger partial charge >= 0.3 is 0 Å². The molecule has 2 aliphatic rings. The maximum absolute atomic E-state index is 2.47. The molecule has 94 heavy (non-hydrogen) atoms. The highest BCUT2D eigenvalue weighted by Gasteiger charge is 2.38. The molecule has 17 rings (SSSR count). The van der Waals surface area contributed by atoms with Crippen LogP contribution in [0.3, 0.4) is 0 Å². The highest BCUT2D eigenvalue weighted by molar-refractivity contribution is 6.07. The molecule has 0 saturated carbocycles. The fourth-order valence-electron chi connectivity index (χ4n) is 15.2. The maximum Gasteiger partial charge on any atom is 0.0540 e. The standard InChI is InChI=1S/C92H68N2/c1-91(2)83-57-63(41-53-79(83)81-55-51-73(59-85(81)91)93(87-29-13-21-69-17-5-9-25-75(69)87)88-30-14-22-70-18-6-10-26-76(70)88)35-33-61-37-43-65(44-38-61)67-47-49-68(50-48-67)66-45-39-62(40-46-66)34-36-64-42-54-80-82-56-52-74(60-86(82)92(3,4)84(80)58-64)94(89-31-15-23-71-19-7-11-27-77(71)89)90-32-16-24-72-20-8-12-28-78(72)90/h5-60H,1-4H3. The largest absolute Gasteiger partial charge is 0.309 e. The van der Waals surface area contributed by atoms with Gasteiger partial charge in [-0.3, -0.25) is 0 Å². The lowest BCUT2D eigenvalue weighted by atomic mass is 9.81. The van der Waals surface area contributed by atoms with Crippen LogP contribution in [0.5, 0.6) is 0 Å². The lowest BCUT2D eigenvalue weighted by Crippen LogP contribution is -2.17. The van der Waals surface area contributed by atoms with Crippen molar-refractivity contribution in [1.29, 1.82) is 0 Å². The smallest absolute Gasteiger partial charge is 0.0540 e. The average molecular weight is 1200 g/mol. The second kappa shape index (κ2) is 22.7. The second-order valence-electron chi connectivity index (χ2n) is 26.5. The zero-order chi connectivity index (χ0) is 63.1. The van der Waals surface area contributed by atoms with Gasteiger partial charge in [-0.15, -0.1) is 0 Å². The summed E-state index contributed by atoms with van der Waals surface area (Å²) in [6.07, 6.45) is 8.99. The van der Waals surface area contributed by atoms with Gasteiger partial charge in [-0.05, 0) is 159 Å². The monoisotopic (exact) mass is 1200 g/mol. The summed E-state index contributed by atoms with van der Waals surface area (Å²) in [5.74, 6) is 0. The Morgan fingerprint density at radius 3 is 0.787 bits per heavy atom. The zero-order valence-electron chi connectivity index (χ0n) is 53.2. The normalized spacial score (nSPS) is 13.4. The first-order valence-electron chi connectivity index (χ1n) is 32.9. The second-order valence-corrected chi connectivity index (χ2v) is 26.5. The van der Waals surface area contributed by atoms with Gasteiger partial charge in [-0.1, -0.05) is 319 Å². The molecule has 0 radical (unpaired) electrons. The number of anilines is 6. The molecule has 2 aliphatic carbocycles. The van der Waals surface area contributed by atoms with Crippen molar-refractivity contribution in [2.24, 2.45) is 0 Å². The maximum atomic E-state index is 2.47. The first-order valence-corrected chi connectivity index (χ1v) is 32.9. The molecule has 0 bridgehead atoms. The molecule has 0 N–H and O–H groups in total. The molecule has 2 heteroatoms. The van der Waals surface area contributed by atoms with Gasteiger partial charge in [0.05, 0.1) is 22.7 Å². The molecule has 0 heterocycles. The Hall–Kier alpha value is -11.6. The van der Waals surface area contributed by atoms with Crippen LogP contribution in [0.2, 0.25) is 0 Å². The number of rotatable bonds is 12. The van der Waals surface area contributed by atoms with Crippen molar-refractivity contribution >= 4 is 102 Å². The van der Waals surface area contributed by atoms with Gasteiger partial charge in [-0.2, -0.15) is 0 Å². The molecule has 15 aromatic rings. The third-order valence-corrected chi connectivity index (χ3v) is 20.2. The van der Waals surface area contributed by atoms with Crippen molar-refractivity contribution in [2.75, 3.05) is 9.80 Å². The quantitative estimate of drug-likeness (QED) is 0.113. The molecule has 0 amide bonds. The zero-order valence-corrected chi connectivity index (χ0v) is 53.2. The summed E-state index contributed by atoms with van der Waals surface area (Å²) in [6.45, 7) is 9.53. The highest BCUT2D eigenvalue weighted by atomic mass is 15.2. The van der Waals surface area contributed by atoms with E-state index in [1.54, 1.807) is 0 Å². The SMILES string of the molecule is CC1(C)c2cc(C=Cc3ccc(-c4ccc(-c5ccc(C=Cc6ccc7c(c6)C(C)(C)c6cc(N(c8cccc9ccccc89)c8cccc9ccccc89)ccc6-7)cc5)cc4)cc3)ccc2-c2ccc(N(c3cccc4ccccc34)c3cccc4ccccc34)cc21. The van der Waals surface area contributed by atoms with Crippen molar-refractivity contribution in [1.82, 2.24) is 0 Å². The minimum absolute atomic E-state index is 0.207. The van der Waals surface area contributed by atoms with Crippen LogP contribution >= 0.6 is 0 Å². The van der Waals surface area contributed by atoms with E-state index in [-0.39, 0.29) is 10.8 Å². The molecule has 0 aromatic heterocycles. The van der Waals surface area contributed by atoms with E-state index in [9.17, 15) is 0 Å². The third kappa shape index (κ3) is 9.72. The summed E-state index contributed by atoms with van der Waals surface area (Å²) in [6, 6.07) is 117. The Bertz CT molecular complexity index is 5020. The van der Waals surface area contributed by atoms with Gasteiger partial charge in [0, 0.05) is 43.7 Å². The van der Waals surface area contributed by atoms with Crippen LogP contribution in [-0.2, 0) is 10.8 Å². The third-order valence-electron chi connectivity index (χ3n) is 20.2. The van der Waals surface area contributed by atoms with E-state index in [4.69, 9.17) is 0 Å². The van der Waals surface area contributed by atoms with Crippen LogP contribution in [0.4, 0.5) is 34.1 Å². The van der Waals surface area contributed by atoms with Crippen molar-refractivity contribution < 1.29 is 0 Å². The fourth-order valence-corrected chi connectivity index (χ4v) is 15.2. The topological polar surface area (TPSA) is 6.48 Å². The van der Waals surface area contributed by atoms with Crippen molar-refractivity contribution in [2.45, 2.75) is 38.5 Å². The number of nitrogens with zero attached hydrogens (tertiary/aromatic N) is 2. The molecular weight excluding hydrogens is 1130 g/mol. The predicted molar refractivity (Wildman–Crippen MR) is 403 cm³/mol. The van der Waals surface area contributed by atoms with Crippen molar-refractivity contribution in [3.8, 4) is 44.5 Å². The Kier molecular flexibility index (Phi) is 13.6. The molecule has 0 aliphatic heterocycles. The highest BCUT2D eigenvalue weighted by Crippen LogP contribution is 2.54. The minimum atomic E-state index is -0.207. The van der Waals surface area contributed by atoms with Gasteiger partial charge in [-0.25, -0.2) is 0 Å². The van der Waals surface area contributed by atoms with Gasteiger partial charge in [0.1, 0.15) is 0 Å². The van der Waals surface area contributed by atoms with E-state index in [1.165, 1.54) is 155 Å². The Morgan fingerprint density at radius 2 is 0.468 bits per heavy atom. The van der Waals surface area contributed by atoms with Crippen LogP contribution in [0.1, 0.15) is 72.2 Å². The number of hydrogen-bond donors (Lipinski definition) is 0. The molecule has 0 fully saturated rings. The van der Waals surface area contributed by atoms with E-state index in [1.807, 2.05) is 0 Å². The molecule has 446 valence electrons. The number of fused-ring (bicyclic) bond motifs is 10. The minimum Gasteiger partial charge on any atom is -0.309 e. The molecule has 0 atom stereocenters. The van der Waals surface area contributed by atoms with Gasteiger partial charge in [0.2, 0.25) is 0 Å². The van der Waals surface area contributed by atoms with Gasteiger partial charge in [0.25, 0.3) is 0 Å². The molecule has 15 aromatic carbocycles. The average Bonchev–Trinajstić information content (AvgIpc) is 1.55. The molecule has 0 saturated heterocycles. The van der Waals surface area contributed by atoms with Gasteiger partial charge < -0.3 is 9.80 Å². The Labute approximate surface area is 551 Å². The van der Waals surface area contributed by atoms with Crippen LogP contribution in [-0.4, -0.2) is 0 Å². The Balaban J connectivity index is 0.570. The van der Waals surface area contributed by atoms with E-state index in [0.29, 0.717) is 0 Å². The summed E-state index contributed by atoms with van der Waals surface area (Å²) in [7, 11) is 0. The van der Waals surface area contributed by atoms with Crippen molar-refractivity contribution in [3.05, 3.63) is 360 Å². The Morgan fingerprint density at radius 1 is 0.223 bits per heavy atom. The summed E-state index contributed by atoms with van der Waals surface area (Å²) in [5, 5.41) is 9.80. The van der Waals surface area contributed by atoms with E-state index < -0.39 is 0 Å². The lowest BCUT2D eigenvalue weighted by Gasteiger charge is -2.30. The van der Waals surface area contributed by atoms with Crippen LogP contribution < -0.4 is 9.80 Å². The molecule has 0 unspecified atom stereocenters.